The smallest absolute Gasteiger partial charge is 0.339 e. The van der Waals surface area contributed by atoms with E-state index in [1.165, 1.54) is 0 Å². The second-order valence-electron chi connectivity index (χ2n) is 4.04. The predicted octanol–water partition coefficient (Wildman–Crippen LogP) is 2.41. The molecule has 1 aromatic heterocycles. The molecule has 6 nitrogen and oxygen atoms in total. The number of carboxylic acids is 1. The number of hydrogen-bond acceptors (Lipinski definition) is 5. The molecule has 7 heteroatoms. The molecule has 0 amide bonds. The van der Waals surface area contributed by atoms with Crippen molar-refractivity contribution < 1.29 is 14.6 Å². The summed E-state index contributed by atoms with van der Waals surface area (Å²) >= 11 is 3.32. The van der Waals surface area contributed by atoms with Crippen LogP contribution < -0.4 is 10.5 Å². The maximum atomic E-state index is 11.2. The van der Waals surface area contributed by atoms with E-state index in [-0.39, 0.29) is 23.8 Å². The molecule has 1 aromatic carbocycles. The lowest BCUT2D eigenvalue weighted by Crippen LogP contribution is -2.14. The van der Waals surface area contributed by atoms with Gasteiger partial charge in [0.15, 0.2) is 0 Å². The monoisotopic (exact) mass is 337 g/mol. The number of halogens is 1. The number of ether oxygens (including phenoxy) is 1. The fourth-order valence-electron chi connectivity index (χ4n) is 1.72. The number of nitrogen functional groups attached to an aromatic ring is 1. The third kappa shape index (κ3) is 3.24. The third-order valence-electron chi connectivity index (χ3n) is 2.59. The predicted molar refractivity (Wildman–Crippen MR) is 76.6 cm³/mol. The lowest BCUT2D eigenvalue weighted by molar-refractivity contribution is 0.0691. The molecule has 0 saturated heterocycles. The minimum Gasteiger partial charge on any atom is -0.487 e. The number of benzene rings is 1. The van der Waals surface area contributed by atoms with Crippen LogP contribution in [0.5, 0.6) is 5.75 Å². The van der Waals surface area contributed by atoms with Crippen molar-refractivity contribution in [1.29, 1.82) is 0 Å². The zero-order valence-electron chi connectivity index (χ0n) is 10.6. The Morgan fingerprint density at radius 3 is 2.60 bits per heavy atom. The van der Waals surface area contributed by atoms with Crippen molar-refractivity contribution >= 4 is 27.8 Å². The summed E-state index contributed by atoms with van der Waals surface area (Å²) < 4.78 is 6.45. The molecule has 0 fully saturated rings. The van der Waals surface area contributed by atoms with Crippen LogP contribution in [0, 0.1) is 6.92 Å². The molecule has 0 unspecified atom stereocenters. The Morgan fingerprint density at radius 1 is 1.35 bits per heavy atom. The summed E-state index contributed by atoms with van der Waals surface area (Å²) in [4.78, 5) is 19.0. The molecule has 0 aliphatic carbocycles. The molecular formula is C13H12BrN3O3. The first kappa shape index (κ1) is 14.3. The van der Waals surface area contributed by atoms with E-state index in [0.717, 1.165) is 4.47 Å². The van der Waals surface area contributed by atoms with Crippen molar-refractivity contribution in [2.45, 2.75) is 13.5 Å². The van der Waals surface area contributed by atoms with Gasteiger partial charge in [-0.1, -0.05) is 15.9 Å². The van der Waals surface area contributed by atoms with Gasteiger partial charge in [0.2, 0.25) is 5.95 Å². The van der Waals surface area contributed by atoms with Gasteiger partial charge < -0.3 is 15.6 Å². The number of hydrogen-bond donors (Lipinski definition) is 2. The molecule has 104 valence electrons. The fraction of sp³-hybridized carbons (Fsp3) is 0.154. The Kier molecular flexibility index (Phi) is 4.19. The minimum atomic E-state index is -1.10. The van der Waals surface area contributed by atoms with Gasteiger partial charge in [0.1, 0.15) is 17.9 Å². The quantitative estimate of drug-likeness (QED) is 0.888. The molecule has 0 aliphatic rings. The first-order valence-electron chi connectivity index (χ1n) is 5.72. The maximum Gasteiger partial charge on any atom is 0.339 e. The average Bonchev–Trinajstić information content (AvgIpc) is 2.36. The van der Waals surface area contributed by atoms with Crippen LogP contribution in [0.3, 0.4) is 0 Å². The van der Waals surface area contributed by atoms with Crippen molar-refractivity contribution in [1.82, 2.24) is 9.97 Å². The van der Waals surface area contributed by atoms with Gasteiger partial charge in [0.05, 0.1) is 11.4 Å². The van der Waals surface area contributed by atoms with Crippen molar-refractivity contribution in [3.63, 3.8) is 0 Å². The van der Waals surface area contributed by atoms with Crippen molar-refractivity contribution in [3.8, 4) is 5.75 Å². The SMILES string of the molecule is Cc1nc(N)nc(COc2ccc(Br)cc2)c1C(=O)O. The van der Waals surface area contributed by atoms with Crippen LogP contribution in [0.15, 0.2) is 28.7 Å². The Morgan fingerprint density at radius 2 is 2.00 bits per heavy atom. The van der Waals surface area contributed by atoms with Crippen molar-refractivity contribution in [2.75, 3.05) is 5.73 Å². The van der Waals surface area contributed by atoms with E-state index >= 15 is 0 Å². The number of aromatic nitrogens is 2. The molecule has 0 atom stereocenters. The number of rotatable bonds is 4. The van der Waals surface area contributed by atoms with Gasteiger partial charge in [-0.05, 0) is 31.2 Å². The summed E-state index contributed by atoms with van der Waals surface area (Å²) in [5, 5.41) is 9.19. The molecule has 3 N–H and O–H groups in total. The van der Waals surface area contributed by atoms with Crippen LogP contribution in [0.1, 0.15) is 21.7 Å². The fourth-order valence-corrected chi connectivity index (χ4v) is 1.99. The number of aromatic carboxylic acids is 1. The van der Waals surface area contributed by atoms with E-state index < -0.39 is 5.97 Å². The summed E-state index contributed by atoms with van der Waals surface area (Å²) in [7, 11) is 0. The highest BCUT2D eigenvalue weighted by Gasteiger charge is 2.17. The molecule has 0 bridgehead atoms. The van der Waals surface area contributed by atoms with Crippen LogP contribution in [0.2, 0.25) is 0 Å². The van der Waals surface area contributed by atoms with Gasteiger partial charge in [-0.25, -0.2) is 14.8 Å². The van der Waals surface area contributed by atoms with E-state index in [4.69, 9.17) is 10.5 Å². The zero-order chi connectivity index (χ0) is 14.7. The van der Waals surface area contributed by atoms with E-state index in [0.29, 0.717) is 11.4 Å². The highest BCUT2D eigenvalue weighted by atomic mass is 79.9. The van der Waals surface area contributed by atoms with Crippen LogP contribution in [-0.2, 0) is 6.61 Å². The van der Waals surface area contributed by atoms with Crippen LogP contribution >= 0.6 is 15.9 Å². The molecule has 0 saturated carbocycles. The molecule has 0 radical (unpaired) electrons. The Bertz CT molecular complexity index is 644. The number of anilines is 1. The largest absolute Gasteiger partial charge is 0.487 e. The number of aryl methyl sites for hydroxylation is 1. The number of carbonyl (C=O) groups is 1. The highest BCUT2D eigenvalue weighted by Crippen LogP contribution is 2.19. The molecule has 1 heterocycles. The minimum absolute atomic E-state index is 0.0107. The zero-order valence-corrected chi connectivity index (χ0v) is 12.2. The number of nitrogens with zero attached hydrogens (tertiary/aromatic N) is 2. The molecule has 20 heavy (non-hydrogen) atoms. The van der Waals surface area contributed by atoms with Gasteiger partial charge in [-0.2, -0.15) is 0 Å². The first-order chi connectivity index (χ1) is 9.47. The van der Waals surface area contributed by atoms with Crippen LogP contribution in [-0.4, -0.2) is 21.0 Å². The Labute approximate surface area is 123 Å². The molecule has 0 aliphatic heterocycles. The second kappa shape index (κ2) is 5.87. The van der Waals surface area contributed by atoms with Gasteiger partial charge >= 0.3 is 5.97 Å². The summed E-state index contributed by atoms with van der Waals surface area (Å²) in [6.45, 7) is 1.58. The van der Waals surface area contributed by atoms with Gasteiger partial charge in [-0.15, -0.1) is 0 Å². The van der Waals surface area contributed by atoms with Gasteiger partial charge in [0, 0.05) is 4.47 Å². The van der Waals surface area contributed by atoms with E-state index in [2.05, 4.69) is 25.9 Å². The standard InChI is InChI=1S/C13H12BrN3O3/c1-7-11(12(18)19)10(17-13(15)16-7)6-20-9-4-2-8(14)3-5-9/h2-5H,6H2,1H3,(H,18,19)(H2,15,16,17). The first-order valence-corrected chi connectivity index (χ1v) is 6.51. The topological polar surface area (TPSA) is 98.3 Å². The van der Waals surface area contributed by atoms with Crippen LogP contribution in [0.4, 0.5) is 5.95 Å². The van der Waals surface area contributed by atoms with E-state index in [1.54, 1.807) is 19.1 Å². The third-order valence-corrected chi connectivity index (χ3v) is 3.11. The normalized spacial score (nSPS) is 10.3. The molecule has 2 rings (SSSR count). The summed E-state index contributed by atoms with van der Waals surface area (Å²) in [5.74, 6) is -0.460. The molecule has 0 spiro atoms. The van der Waals surface area contributed by atoms with Gasteiger partial charge in [0.25, 0.3) is 0 Å². The Balaban J connectivity index is 2.24. The second-order valence-corrected chi connectivity index (χ2v) is 4.95. The maximum absolute atomic E-state index is 11.2. The summed E-state index contributed by atoms with van der Waals surface area (Å²) in [6.07, 6.45) is 0. The number of nitrogens with two attached hydrogens (primary N) is 1. The average molecular weight is 338 g/mol. The van der Waals surface area contributed by atoms with E-state index in [9.17, 15) is 9.90 Å². The molecule has 2 aromatic rings. The van der Waals surface area contributed by atoms with Gasteiger partial charge in [-0.3, -0.25) is 0 Å². The lowest BCUT2D eigenvalue weighted by atomic mass is 10.1. The lowest BCUT2D eigenvalue weighted by Gasteiger charge is -2.10. The number of carboxylic acid groups (broad SMARTS) is 1. The Hall–Kier alpha value is -2.15. The summed E-state index contributed by atoms with van der Waals surface area (Å²) in [5.41, 5.74) is 6.14. The molecular weight excluding hydrogens is 326 g/mol. The van der Waals surface area contributed by atoms with E-state index in [1.807, 2.05) is 12.1 Å². The summed E-state index contributed by atoms with van der Waals surface area (Å²) in [6, 6.07) is 7.18. The van der Waals surface area contributed by atoms with Crippen LogP contribution in [0.25, 0.3) is 0 Å². The van der Waals surface area contributed by atoms with Crippen molar-refractivity contribution in [2.24, 2.45) is 0 Å². The highest BCUT2D eigenvalue weighted by molar-refractivity contribution is 9.10. The van der Waals surface area contributed by atoms with Crippen molar-refractivity contribution in [3.05, 3.63) is 45.7 Å².